The normalized spacial score (nSPS) is 19.6. The van der Waals surface area contributed by atoms with Gasteiger partial charge in [0.15, 0.2) is 0 Å². The molecule has 0 spiro atoms. The van der Waals surface area contributed by atoms with Crippen LogP contribution in [0.5, 0.6) is 0 Å². The first-order valence-electron chi connectivity index (χ1n) is 6.24. The van der Waals surface area contributed by atoms with Gasteiger partial charge in [-0.3, -0.25) is 0 Å². The highest BCUT2D eigenvalue weighted by Crippen LogP contribution is 2.38. The number of hydrogen-bond acceptors (Lipinski definition) is 0. The highest BCUT2D eigenvalue weighted by molar-refractivity contribution is 5.77. The van der Waals surface area contributed by atoms with Gasteiger partial charge < -0.3 is 0 Å². The standard InChI is InChI=1S/C16H18/c1-11-3-9-15(11)13-5-7-14(8-6-13)16-10-4-12(16)2/h5-8H,3-4,9-10H2,1-2H3. The van der Waals surface area contributed by atoms with E-state index < -0.39 is 0 Å². The Morgan fingerprint density at radius 1 is 0.625 bits per heavy atom. The molecule has 0 aromatic heterocycles. The molecule has 0 nitrogen and oxygen atoms in total. The monoisotopic (exact) mass is 210 g/mol. The van der Waals surface area contributed by atoms with Crippen LogP contribution in [0.15, 0.2) is 35.4 Å². The summed E-state index contributed by atoms with van der Waals surface area (Å²) in [6, 6.07) is 9.19. The van der Waals surface area contributed by atoms with Crippen LogP contribution in [0.25, 0.3) is 11.1 Å². The Morgan fingerprint density at radius 2 is 1.00 bits per heavy atom. The van der Waals surface area contributed by atoms with E-state index >= 15 is 0 Å². The number of rotatable bonds is 2. The third-order valence-electron chi connectivity index (χ3n) is 4.11. The zero-order valence-corrected chi connectivity index (χ0v) is 10.1. The van der Waals surface area contributed by atoms with Gasteiger partial charge in [-0.05, 0) is 61.8 Å². The van der Waals surface area contributed by atoms with Crippen LogP contribution in [0.2, 0.25) is 0 Å². The SMILES string of the molecule is CC1=C(c2ccc(C3=C(C)CC3)cc2)CC1. The maximum atomic E-state index is 2.30. The molecule has 0 radical (unpaired) electrons. The van der Waals surface area contributed by atoms with Crippen LogP contribution in [-0.2, 0) is 0 Å². The van der Waals surface area contributed by atoms with Crippen molar-refractivity contribution in [2.75, 3.05) is 0 Å². The summed E-state index contributed by atoms with van der Waals surface area (Å²) in [5.74, 6) is 0. The molecule has 0 aliphatic heterocycles. The Bertz CT molecular complexity index is 436. The van der Waals surface area contributed by atoms with Crippen molar-refractivity contribution in [3.8, 4) is 0 Å². The summed E-state index contributed by atoms with van der Waals surface area (Å²) in [4.78, 5) is 0. The van der Waals surface area contributed by atoms with Crippen molar-refractivity contribution in [2.24, 2.45) is 0 Å². The minimum Gasteiger partial charge on any atom is -0.0692 e. The molecule has 82 valence electrons. The second kappa shape index (κ2) is 3.62. The second-order valence-corrected chi connectivity index (χ2v) is 5.10. The predicted molar refractivity (Wildman–Crippen MR) is 70.1 cm³/mol. The molecule has 1 aromatic rings. The zero-order valence-electron chi connectivity index (χ0n) is 10.1. The van der Waals surface area contributed by atoms with E-state index in [0.29, 0.717) is 0 Å². The largest absolute Gasteiger partial charge is 0.0692 e. The van der Waals surface area contributed by atoms with Crippen molar-refractivity contribution in [3.05, 3.63) is 46.5 Å². The van der Waals surface area contributed by atoms with Gasteiger partial charge in [0.1, 0.15) is 0 Å². The molecule has 0 heterocycles. The highest BCUT2D eigenvalue weighted by atomic mass is 14.2. The molecule has 16 heavy (non-hydrogen) atoms. The van der Waals surface area contributed by atoms with Crippen LogP contribution in [0.3, 0.4) is 0 Å². The van der Waals surface area contributed by atoms with E-state index in [2.05, 4.69) is 38.1 Å². The average Bonchev–Trinajstić information content (AvgIpc) is 2.27. The van der Waals surface area contributed by atoms with Gasteiger partial charge in [0.05, 0.1) is 0 Å². The summed E-state index contributed by atoms with van der Waals surface area (Å²) in [7, 11) is 0. The lowest BCUT2D eigenvalue weighted by atomic mass is 9.82. The van der Waals surface area contributed by atoms with Gasteiger partial charge in [-0.25, -0.2) is 0 Å². The van der Waals surface area contributed by atoms with Crippen LogP contribution in [0.1, 0.15) is 50.7 Å². The van der Waals surface area contributed by atoms with E-state index in [1.54, 1.807) is 22.3 Å². The molecule has 1 aromatic carbocycles. The Labute approximate surface area is 97.7 Å². The van der Waals surface area contributed by atoms with Crippen LogP contribution in [0, 0.1) is 0 Å². The van der Waals surface area contributed by atoms with Crippen molar-refractivity contribution in [3.63, 3.8) is 0 Å². The predicted octanol–water partition coefficient (Wildman–Crippen LogP) is 4.82. The summed E-state index contributed by atoms with van der Waals surface area (Å²) in [6.07, 6.45) is 5.13. The van der Waals surface area contributed by atoms with E-state index in [1.165, 1.54) is 36.8 Å². The van der Waals surface area contributed by atoms with Gasteiger partial charge >= 0.3 is 0 Å². The van der Waals surface area contributed by atoms with Crippen molar-refractivity contribution in [1.29, 1.82) is 0 Å². The van der Waals surface area contributed by atoms with Gasteiger partial charge in [-0.1, -0.05) is 35.4 Å². The molecule has 0 fully saturated rings. The fraction of sp³-hybridized carbons (Fsp3) is 0.375. The van der Waals surface area contributed by atoms with E-state index in [-0.39, 0.29) is 0 Å². The zero-order chi connectivity index (χ0) is 11.1. The summed E-state index contributed by atoms with van der Waals surface area (Å²) >= 11 is 0. The fourth-order valence-corrected chi connectivity index (χ4v) is 2.65. The molecule has 0 saturated heterocycles. The number of allylic oxidation sites excluding steroid dienone is 4. The molecule has 0 bridgehead atoms. The molecule has 2 aliphatic carbocycles. The second-order valence-electron chi connectivity index (χ2n) is 5.10. The Hall–Kier alpha value is -1.30. The average molecular weight is 210 g/mol. The molecule has 0 unspecified atom stereocenters. The summed E-state index contributed by atoms with van der Waals surface area (Å²) in [6.45, 7) is 4.51. The first-order valence-corrected chi connectivity index (χ1v) is 6.24. The molecule has 0 N–H and O–H groups in total. The van der Waals surface area contributed by atoms with E-state index in [4.69, 9.17) is 0 Å². The van der Waals surface area contributed by atoms with E-state index in [1.807, 2.05) is 0 Å². The minimum atomic E-state index is 1.27. The first-order chi connectivity index (χ1) is 7.75. The van der Waals surface area contributed by atoms with Gasteiger partial charge in [0.25, 0.3) is 0 Å². The third-order valence-corrected chi connectivity index (χ3v) is 4.11. The lowest BCUT2D eigenvalue weighted by Crippen LogP contribution is -2.02. The molecule has 0 saturated carbocycles. The van der Waals surface area contributed by atoms with Crippen molar-refractivity contribution < 1.29 is 0 Å². The molecule has 3 rings (SSSR count). The molecule has 0 atom stereocenters. The summed E-state index contributed by atoms with van der Waals surface area (Å²) < 4.78 is 0. The van der Waals surface area contributed by atoms with Crippen LogP contribution < -0.4 is 0 Å². The minimum absolute atomic E-state index is 1.27. The van der Waals surface area contributed by atoms with Crippen LogP contribution in [0.4, 0.5) is 0 Å². The number of hydrogen-bond donors (Lipinski definition) is 0. The Kier molecular flexibility index (Phi) is 2.24. The van der Waals surface area contributed by atoms with Gasteiger partial charge in [-0.2, -0.15) is 0 Å². The summed E-state index contributed by atoms with van der Waals surface area (Å²) in [5.41, 5.74) is 9.17. The lowest BCUT2D eigenvalue weighted by molar-refractivity contribution is 0.898. The van der Waals surface area contributed by atoms with Crippen molar-refractivity contribution in [2.45, 2.75) is 39.5 Å². The third kappa shape index (κ3) is 1.44. The smallest absolute Gasteiger partial charge is 0.0225 e. The fourth-order valence-electron chi connectivity index (χ4n) is 2.65. The van der Waals surface area contributed by atoms with Gasteiger partial charge in [0, 0.05) is 0 Å². The van der Waals surface area contributed by atoms with Crippen LogP contribution in [-0.4, -0.2) is 0 Å². The van der Waals surface area contributed by atoms with Gasteiger partial charge in [-0.15, -0.1) is 0 Å². The topological polar surface area (TPSA) is 0 Å². The maximum absolute atomic E-state index is 2.30. The summed E-state index contributed by atoms with van der Waals surface area (Å²) in [5, 5.41) is 0. The molecule has 2 aliphatic rings. The quantitative estimate of drug-likeness (QED) is 0.656. The van der Waals surface area contributed by atoms with Crippen molar-refractivity contribution >= 4 is 11.1 Å². The van der Waals surface area contributed by atoms with Crippen molar-refractivity contribution in [1.82, 2.24) is 0 Å². The molecule has 0 heteroatoms. The van der Waals surface area contributed by atoms with Crippen LogP contribution >= 0.6 is 0 Å². The Balaban J connectivity index is 1.91. The first kappa shape index (κ1) is 9.89. The van der Waals surface area contributed by atoms with E-state index in [0.717, 1.165) is 0 Å². The van der Waals surface area contributed by atoms with E-state index in [9.17, 15) is 0 Å². The Morgan fingerprint density at radius 3 is 1.19 bits per heavy atom. The molecule has 0 amide bonds. The highest BCUT2D eigenvalue weighted by Gasteiger charge is 2.17. The number of benzene rings is 1. The van der Waals surface area contributed by atoms with Gasteiger partial charge in [0.2, 0.25) is 0 Å². The maximum Gasteiger partial charge on any atom is -0.0225 e. The molecular weight excluding hydrogens is 192 g/mol. The lowest BCUT2D eigenvalue weighted by Gasteiger charge is -2.23. The molecular formula is C16H18.